The standard InChI is InChI=1S/C38H43ClN6O4/c1-43-22-31(29-9-14-40-21-30(29)38(43)48)26-19-33(39)32(35(20-26)49-2)23-44-15-10-24(11-16-44)25-12-17-45(18-13-25)28-5-3-27(4-6-28)41-34-7-8-36(46)42-37(34)47/h3-6,9,14,19-22,24-25,34,41H,7-8,10-13,15-18,23H2,1-2H3,(H,42,46,47). The molecule has 0 spiro atoms. The lowest BCUT2D eigenvalue weighted by atomic mass is 9.78. The summed E-state index contributed by atoms with van der Waals surface area (Å²) in [6.07, 6.45) is 10.8. The summed E-state index contributed by atoms with van der Waals surface area (Å²) in [5.41, 5.74) is 4.84. The predicted molar refractivity (Wildman–Crippen MR) is 193 cm³/mol. The van der Waals surface area contributed by atoms with Crippen molar-refractivity contribution in [2.75, 3.05) is 43.5 Å². The molecule has 2 aromatic heterocycles. The molecule has 2 N–H and O–H groups in total. The fourth-order valence-corrected chi connectivity index (χ4v) is 8.15. The SMILES string of the molecule is COc1cc(-c2cn(C)c(=O)c3cnccc23)cc(Cl)c1CN1CCC(C2CCN(c3ccc(NC4CCC(=O)NC4=O)cc3)CC2)CC1. The van der Waals surface area contributed by atoms with Crippen LogP contribution in [0.3, 0.4) is 0 Å². The molecule has 0 radical (unpaired) electrons. The maximum absolute atomic E-state index is 12.7. The summed E-state index contributed by atoms with van der Waals surface area (Å²) in [4.78, 5) is 45.4. The second-order valence-electron chi connectivity index (χ2n) is 13.7. The third kappa shape index (κ3) is 7.03. The first-order valence-electron chi connectivity index (χ1n) is 17.2. The molecular formula is C38H43ClN6O4. The molecule has 3 aliphatic rings. The van der Waals surface area contributed by atoms with Gasteiger partial charge in [0.1, 0.15) is 11.8 Å². The number of nitrogens with one attached hydrogen (secondary N) is 2. The minimum atomic E-state index is -0.372. The van der Waals surface area contributed by atoms with Crippen LogP contribution in [0.5, 0.6) is 5.75 Å². The number of fused-ring (bicyclic) bond motifs is 1. The van der Waals surface area contributed by atoms with E-state index in [0.717, 1.165) is 78.1 Å². The van der Waals surface area contributed by atoms with Crippen molar-refractivity contribution in [1.29, 1.82) is 0 Å². The summed E-state index contributed by atoms with van der Waals surface area (Å²) in [5.74, 6) is 1.76. The molecule has 0 saturated carbocycles. The van der Waals surface area contributed by atoms with Crippen LogP contribution in [0.15, 0.2) is 65.8 Å². The van der Waals surface area contributed by atoms with Crippen LogP contribution in [0, 0.1) is 11.8 Å². The van der Waals surface area contributed by atoms with Gasteiger partial charge in [-0.3, -0.25) is 29.6 Å². The number of hydrogen-bond acceptors (Lipinski definition) is 8. The van der Waals surface area contributed by atoms with E-state index in [1.807, 2.05) is 36.5 Å². The zero-order valence-electron chi connectivity index (χ0n) is 28.1. The molecule has 0 bridgehead atoms. The Labute approximate surface area is 291 Å². The average molecular weight is 683 g/mol. The Morgan fingerprint density at radius 1 is 0.939 bits per heavy atom. The highest BCUT2D eigenvalue weighted by Gasteiger charge is 2.31. The number of carbonyl (C=O) groups excluding carboxylic acids is 2. The largest absolute Gasteiger partial charge is 0.496 e. The first kappa shape index (κ1) is 33.1. The Morgan fingerprint density at radius 3 is 2.35 bits per heavy atom. The summed E-state index contributed by atoms with van der Waals surface area (Å²) in [6.45, 7) is 4.90. The molecule has 11 heteroatoms. The van der Waals surface area contributed by atoms with Crippen LogP contribution in [0.25, 0.3) is 21.9 Å². The Balaban J connectivity index is 0.930. The van der Waals surface area contributed by atoms with E-state index in [2.05, 4.69) is 37.6 Å². The molecule has 1 atom stereocenters. The van der Waals surface area contributed by atoms with Crippen LogP contribution in [-0.4, -0.2) is 65.6 Å². The topological polar surface area (TPSA) is 109 Å². The first-order valence-corrected chi connectivity index (χ1v) is 17.6. The highest BCUT2D eigenvalue weighted by atomic mass is 35.5. The number of carbonyl (C=O) groups is 2. The summed E-state index contributed by atoms with van der Waals surface area (Å²) in [7, 11) is 3.44. The van der Waals surface area contributed by atoms with Crippen LogP contribution in [0.1, 0.15) is 44.1 Å². The van der Waals surface area contributed by atoms with Crippen molar-refractivity contribution in [3.63, 3.8) is 0 Å². The number of anilines is 2. The number of halogens is 1. The molecule has 3 aliphatic heterocycles. The van der Waals surface area contributed by atoms with Crippen molar-refractivity contribution in [3.8, 4) is 16.9 Å². The second kappa shape index (κ2) is 14.2. The number of pyridine rings is 2. The highest BCUT2D eigenvalue weighted by Crippen LogP contribution is 2.38. The maximum Gasteiger partial charge on any atom is 0.259 e. The highest BCUT2D eigenvalue weighted by molar-refractivity contribution is 6.32. The molecule has 4 aromatic rings. The normalized spacial score (nSPS) is 19.7. The van der Waals surface area contributed by atoms with Crippen molar-refractivity contribution in [3.05, 3.63) is 82.0 Å². The lowest BCUT2D eigenvalue weighted by molar-refractivity contribution is -0.133. The number of ether oxygens (including phenoxy) is 1. The Hall–Kier alpha value is -4.41. The van der Waals surface area contributed by atoms with E-state index in [1.165, 1.54) is 31.4 Å². The molecule has 5 heterocycles. The van der Waals surface area contributed by atoms with Crippen molar-refractivity contribution in [2.24, 2.45) is 18.9 Å². The van der Waals surface area contributed by atoms with Gasteiger partial charge in [0.25, 0.3) is 5.56 Å². The van der Waals surface area contributed by atoms with Gasteiger partial charge in [-0.1, -0.05) is 11.6 Å². The molecule has 256 valence electrons. The number of aromatic nitrogens is 2. The van der Waals surface area contributed by atoms with Crippen molar-refractivity contribution in [2.45, 2.75) is 51.1 Å². The molecule has 1 unspecified atom stereocenters. The van der Waals surface area contributed by atoms with Crippen LogP contribution in [0.4, 0.5) is 11.4 Å². The maximum atomic E-state index is 12.7. The third-order valence-corrected chi connectivity index (χ3v) is 11.0. The van der Waals surface area contributed by atoms with Gasteiger partial charge in [-0.25, -0.2) is 0 Å². The van der Waals surface area contributed by atoms with Gasteiger partial charge in [-0.15, -0.1) is 0 Å². The zero-order valence-corrected chi connectivity index (χ0v) is 28.8. The minimum Gasteiger partial charge on any atom is -0.496 e. The monoisotopic (exact) mass is 682 g/mol. The quantitative estimate of drug-likeness (QED) is 0.231. The molecule has 3 saturated heterocycles. The smallest absolute Gasteiger partial charge is 0.259 e. The molecule has 0 aliphatic carbocycles. The number of likely N-dealkylation sites (tertiary alicyclic amines) is 1. The third-order valence-electron chi connectivity index (χ3n) is 10.7. The van der Waals surface area contributed by atoms with Gasteiger partial charge >= 0.3 is 0 Å². The molecule has 2 amide bonds. The lowest BCUT2D eigenvalue weighted by Gasteiger charge is -2.41. The lowest BCUT2D eigenvalue weighted by Crippen LogP contribution is -2.47. The van der Waals surface area contributed by atoms with E-state index >= 15 is 0 Å². The molecule has 10 nitrogen and oxygen atoms in total. The summed E-state index contributed by atoms with van der Waals surface area (Å²) < 4.78 is 7.47. The van der Waals surface area contributed by atoms with Gasteiger partial charge in [-0.2, -0.15) is 0 Å². The number of imide groups is 1. The summed E-state index contributed by atoms with van der Waals surface area (Å²) in [5, 5.41) is 7.75. The number of rotatable bonds is 8. The average Bonchev–Trinajstić information content (AvgIpc) is 3.12. The Bertz CT molecular complexity index is 1910. The second-order valence-corrected chi connectivity index (χ2v) is 14.1. The van der Waals surface area contributed by atoms with Crippen molar-refractivity contribution < 1.29 is 14.3 Å². The Kier molecular flexibility index (Phi) is 9.60. The summed E-state index contributed by atoms with van der Waals surface area (Å²) >= 11 is 6.96. The van der Waals surface area contributed by atoms with E-state index in [4.69, 9.17) is 16.3 Å². The number of aryl methyl sites for hydroxylation is 1. The van der Waals surface area contributed by atoms with Crippen LogP contribution in [0.2, 0.25) is 5.02 Å². The number of nitrogens with zero attached hydrogens (tertiary/aromatic N) is 4. The number of benzene rings is 2. The van der Waals surface area contributed by atoms with Gasteiger partial charge < -0.3 is 19.5 Å². The molecular weight excluding hydrogens is 640 g/mol. The molecule has 49 heavy (non-hydrogen) atoms. The fraction of sp³-hybridized carbons (Fsp3) is 0.421. The van der Waals surface area contributed by atoms with E-state index in [-0.39, 0.29) is 23.4 Å². The van der Waals surface area contributed by atoms with Gasteiger partial charge in [0, 0.05) is 79.2 Å². The van der Waals surface area contributed by atoms with Crippen LogP contribution in [-0.2, 0) is 23.2 Å². The molecule has 3 fully saturated rings. The van der Waals surface area contributed by atoms with Gasteiger partial charge in [0.2, 0.25) is 11.8 Å². The molecule has 2 aromatic carbocycles. The van der Waals surface area contributed by atoms with Gasteiger partial charge in [-0.05, 0) is 110 Å². The van der Waals surface area contributed by atoms with Crippen LogP contribution < -0.4 is 25.8 Å². The number of hydrogen-bond donors (Lipinski definition) is 2. The fourth-order valence-electron chi connectivity index (χ4n) is 7.88. The first-order chi connectivity index (χ1) is 23.8. The van der Waals surface area contributed by atoms with E-state index < -0.39 is 0 Å². The number of piperidine rings is 3. The molecule has 7 rings (SSSR count). The zero-order chi connectivity index (χ0) is 34.1. The number of methoxy groups -OCH3 is 1. The van der Waals surface area contributed by atoms with Crippen molar-refractivity contribution in [1.82, 2.24) is 19.8 Å². The van der Waals surface area contributed by atoms with Crippen molar-refractivity contribution >= 4 is 45.6 Å². The Morgan fingerprint density at radius 2 is 1.65 bits per heavy atom. The van der Waals surface area contributed by atoms with Crippen LogP contribution >= 0.6 is 11.6 Å². The van der Waals surface area contributed by atoms with E-state index in [9.17, 15) is 14.4 Å². The number of amides is 2. The predicted octanol–water partition coefficient (Wildman–Crippen LogP) is 5.61. The van der Waals surface area contributed by atoms with E-state index in [0.29, 0.717) is 23.3 Å². The van der Waals surface area contributed by atoms with Gasteiger partial charge in [0.15, 0.2) is 0 Å². The summed E-state index contributed by atoms with van der Waals surface area (Å²) in [6, 6.07) is 13.8. The van der Waals surface area contributed by atoms with Gasteiger partial charge in [0.05, 0.1) is 12.5 Å². The minimum absolute atomic E-state index is 0.0802. The van der Waals surface area contributed by atoms with E-state index in [1.54, 1.807) is 31.1 Å².